The molecule has 138 valence electrons. The third-order valence-electron chi connectivity index (χ3n) is 6.11. The molecule has 6 heteroatoms. The van der Waals surface area contributed by atoms with E-state index >= 15 is 0 Å². The highest BCUT2D eigenvalue weighted by atomic mass is 16.5. The molecule has 3 fully saturated rings. The number of hydrogen-bond acceptors (Lipinski definition) is 6. The molecule has 1 spiro atoms. The lowest BCUT2D eigenvalue weighted by Crippen LogP contribution is -2.56. The van der Waals surface area contributed by atoms with Gasteiger partial charge in [0.25, 0.3) is 0 Å². The van der Waals surface area contributed by atoms with Crippen LogP contribution in [0.3, 0.4) is 0 Å². The highest BCUT2D eigenvalue weighted by Crippen LogP contribution is 2.35. The summed E-state index contributed by atoms with van der Waals surface area (Å²) >= 11 is 0. The summed E-state index contributed by atoms with van der Waals surface area (Å²) in [6.45, 7) is 7.53. The molecule has 3 saturated heterocycles. The van der Waals surface area contributed by atoms with Crippen molar-refractivity contribution in [1.82, 2.24) is 15.2 Å². The number of pyridine rings is 1. The predicted molar refractivity (Wildman–Crippen MR) is 98.4 cm³/mol. The van der Waals surface area contributed by atoms with Gasteiger partial charge >= 0.3 is 0 Å². The van der Waals surface area contributed by atoms with E-state index in [1.165, 1.54) is 31.4 Å². The maximum absolute atomic E-state index is 6.24. The Morgan fingerprint density at radius 1 is 1.20 bits per heavy atom. The third kappa shape index (κ3) is 3.76. The van der Waals surface area contributed by atoms with Crippen molar-refractivity contribution in [2.75, 3.05) is 57.9 Å². The number of ether oxygens (including phenoxy) is 2. The monoisotopic (exact) mass is 346 g/mol. The van der Waals surface area contributed by atoms with E-state index in [2.05, 4.69) is 26.2 Å². The fourth-order valence-electron chi connectivity index (χ4n) is 4.57. The molecule has 6 nitrogen and oxygen atoms in total. The summed E-state index contributed by atoms with van der Waals surface area (Å²) in [6, 6.07) is 4.74. The van der Waals surface area contributed by atoms with Crippen LogP contribution in [0.4, 0.5) is 5.69 Å². The second kappa shape index (κ2) is 7.48. The molecule has 4 rings (SSSR count). The van der Waals surface area contributed by atoms with Crippen LogP contribution in [0.25, 0.3) is 0 Å². The van der Waals surface area contributed by atoms with Crippen molar-refractivity contribution in [3.63, 3.8) is 0 Å². The molecule has 1 aromatic heterocycles. The van der Waals surface area contributed by atoms with Gasteiger partial charge in [0.1, 0.15) is 0 Å². The van der Waals surface area contributed by atoms with Crippen LogP contribution in [0.2, 0.25) is 0 Å². The normalized spacial score (nSPS) is 27.4. The van der Waals surface area contributed by atoms with Gasteiger partial charge in [-0.1, -0.05) is 0 Å². The van der Waals surface area contributed by atoms with Gasteiger partial charge in [-0.05, 0) is 44.8 Å². The lowest BCUT2D eigenvalue weighted by atomic mass is 9.82. The van der Waals surface area contributed by atoms with Crippen LogP contribution in [-0.2, 0) is 4.74 Å². The van der Waals surface area contributed by atoms with E-state index in [0.29, 0.717) is 11.9 Å². The molecule has 1 N–H and O–H groups in total. The minimum Gasteiger partial charge on any atom is -0.481 e. The number of aromatic nitrogens is 1. The molecule has 1 aromatic rings. The van der Waals surface area contributed by atoms with E-state index in [9.17, 15) is 0 Å². The van der Waals surface area contributed by atoms with Crippen molar-refractivity contribution < 1.29 is 9.47 Å². The molecule has 0 aliphatic carbocycles. The Bertz CT molecular complexity index is 546. The van der Waals surface area contributed by atoms with E-state index in [1.54, 1.807) is 7.11 Å². The first-order chi connectivity index (χ1) is 12.3. The van der Waals surface area contributed by atoms with Crippen molar-refractivity contribution >= 4 is 5.69 Å². The molecule has 25 heavy (non-hydrogen) atoms. The van der Waals surface area contributed by atoms with E-state index in [0.717, 1.165) is 45.9 Å². The van der Waals surface area contributed by atoms with Gasteiger partial charge in [-0.25, -0.2) is 4.98 Å². The number of rotatable bonds is 3. The maximum atomic E-state index is 6.24. The quantitative estimate of drug-likeness (QED) is 0.895. The van der Waals surface area contributed by atoms with Crippen LogP contribution in [0, 0.1) is 0 Å². The number of nitrogens with one attached hydrogen (secondary N) is 1. The van der Waals surface area contributed by atoms with Crippen LogP contribution in [-0.4, -0.2) is 74.5 Å². The molecule has 3 aliphatic rings. The highest BCUT2D eigenvalue weighted by Gasteiger charge is 2.40. The summed E-state index contributed by atoms with van der Waals surface area (Å²) in [5.74, 6) is 0.678. The van der Waals surface area contributed by atoms with Gasteiger partial charge in [0.2, 0.25) is 5.88 Å². The van der Waals surface area contributed by atoms with Crippen molar-refractivity contribution in [1.29, 1.82) is 0 Å². The maximum Gasteiger partial charge on any atom is 0.213 e. The van der Waals surface area contributed by atoms with Crippen LogP contribution in [0.15, 0.2) is 18.3 Å². The topological polar surface area (TPSA) is 49.9 Å². The fraction of sp³-hybridized carbons (Fsp3) is 0.737. The summed E-state index contributed by atoms with van der Waals surface area (Å²) < 4.78 is 11.4. The molecule has 4 heterocycles. The van der Waals surface area contributed by atoms with Gasteiger partial charge in [-0.3, -0.25) is 4.90 Å². The number of methoxy groups -OCH3 is 1. The molecule has 0 saturated carbocycles. The zero-order chi connectivity index (χ0) is 17.1. The Balaban J connectivity index is 1.33. The van der Waals surface area contributed by atoms with Gasteiger partial charge in [0, 0.05) is 44.9 Å². The molecule has 1 unspecified atom stereocenters. The Morgan fingerprint density at radius 3 is 2.68 bits per heavy atom. The number of anilines is 1. The molecule has 3 aliphatic heterocycles. The summed E-state index contributed by atoms with van der Waals surface area (Å²) in [5, 5.41) is 3.47. The lowest BCUT2D eigenvalue weighted by molar-refractivity contribution is -0.121. The molecular weight excluding hydrogens is 316 g/mol. The summed E-state index contributed by atoms with van der Waals surface area (Å²) in [5.41, 5.74) is 1.34. The van der Waals surface area contributed by atoms with E-state index in [4.69, 9.17) is 9.47 Å². The largest absolute Gasteiger partial charge is 0.481 e. The van der Waals surface area contributed by atoms with Crippen LogP contribution >= 0.6 is 0 Å². The van der Waals surface area contributed by atoms with Gasteiger partial charge in [0.15, 0.2) is 0 Å². The Morgan fingerprint density at radius 2 is 2.00 bits per heavy atom. The first-order valence-electron chi connectivity index (χ1n) is 9.62. The zero-order valence-corrected chi connectivity index (χ0v) is 15.2. The first-order valence-corrected chi connectivity index (χ1v) is 9.62. The average molecular weight is 346 g/mol. The van der Waals surface area contributed by atoms with E-state index < -0.39 is 0 Å². The molecule has 0 radical (unpaired) electrons. The first kappa shape index (κ1) is 17.1. The zero-order valence-electron chi connectivity index (χ0n) is 15.2. The molecule has 0 bridgehead atoms. The smallest absolute Gasteiger partial charge is 0.213 e. The minimum atomic E-state index is 0.144. The Kier molecular flexibility index (Phi) is 5.10. The number of piperazine rings is 1. The third-order valence-corrected chi connectivity index (χ3v) is 6.11. The van der Waals surface area contributed by atoms with Crippen molar-refractivity contribution in [2.24, 2.45) is 0 Å². The Hall–Kier alpha value is -1.37. The number of nitrogens with zero attached hydrogens (tertiary/aromatic N) is 3. The summed E-state index contributed by atoms with van der Waals surface area (Å²) in [7, 11) is 1.66. The Labute approximate surface area is 150 Å². The lowest BCUT2D eigenvalue weighted by Gasteiger charge is -2.48. The van der Waals surface area contributed by atoms with E-state index in [1.807, 2.05) is 12.3 Å². The molecular formula is C19H30N4O2. The van der Waals surface area contributed by atoms with Crippen molar-refractivity contribution in [3.8, 4) is 5.88 Å². The minimum absolute atomic E-state index is 0.144. The van der Waals surface area contributed by atoms with Crippen molar-refractivity contribution in [2.45, 2.75) is 37.3 Å². The number of hydrogen-bond donors (Lipinski definition) is 1. The van der Waals surface area contributed by atoms with Crippen LogP contribution < -0.4 is 15.0 Å². The van der Waals surface area contributed by atoms with E-state index in [-0.39, 0.29) is 5.60 Å². The summed E-state index contributed by atoms with van der Waals surface area (Å²) in [4.78, 5) is 9.47. The van der Waals surface area contributed by atoms with Gasteiger partial charge < -0.3 is 19.7 Å². The standard InChI is InChI=1S/C19H30N4O2/c1-24-18-3-2-17(15-21-18)23-11-9-22(10-12-23)16-4-13-25-19(14-16)5-7-20-8-6-19/h2-3,15-16,20H,4-14H2,1H3. The number of piperidine rings is 1. The second-order valence-corrected chi connectivity index (χ2v) is 7.51. The predicted octanol–water partition coefficient (Wildman–Crippen LogP) is 1.51. The van der Waals surface area contributed by atoms with Gasteiger partial charge in [-0.2, -0.15) is 0 Å². The van der Waals surface area contributed by atoms with Crippen LogP contribution in [0.1, 0.15) is 25.7 Å². The molecule has 1 atom stereocenters. The SMILES string of the molecule is COc1ccc(N2CCN(C3CCOC4(CCNCC4)C3)CC2)cn1. The average Bonchev–Trinajstić information content (AvgIpc) is 2.69. The van der Waals surface area contributed by atoms with Gasteiger partial charge in [-0.15, -0.1) is 0 Å². The fourth-order valence-corrected chi connectivity index (χ4v) is 4.57. The highest BCUT2D eigenvalue weighted by molar-refractivity contribution is 5.45. The van der Waals surface area contributed by atoms with Crippen LogP contribution in [0.5, 0.6) is 5.88 Å². The van der Waals surface area contributed by atoms with Crippen molar-refractivity contribution in [3.05, 3.63) is 18.3 Å². The van der Waals surface area contributed by atoms with Gasteiger partial charge in [0.05, 0.1) is 24.6 Å². The second-order valence-electron chi connectivity index (χ2n) is 7.51. The molecule has 0 aromatic carbocycles. The summed E-state index contributed by atoms with van der Waals surface area (Å²) in [6.07, 6.45) is 6.65. The molecule has 0 amide bonds.